The highest BCUT2D eigenvalue weighted by atomic mass is 32.1. The van der Waals surface area contributed by atoms with E-state index in [9.17, 15) is 4.79 Å². The Balaban J connectivity index is 1.71. The van der Waals surface area contributed by atoms with Crippen molar-refractivity contribution in [3.8, 4) is 21.6 Å². The summed E-state index contributed by atoms with van der Waals surface area (Å²) in [5.41, 5.74) is 4.51. The van der Waals surface area contributed by atoms with Crippen molar-refractivity contribution in [3.63, 3.8) is 0 Å². The molecule has 1 N–H and O–H groups in total. The zero-order chi connectivity index (χ0) is 19.3. The summed E-state index contributed by atoms with van der Waals surface area (Å²) in [5, 5.41) is 0. The molecular weight excluding hydrogens is 366 g/mol. The van der Waals surface area contributed by atoms with Crippen molar-refractivity contribution >= 4 is 17.3 Å². The third-order valence-corrected chi connectivity index (χ3v) is 6.86. The highest BCUT2D eigenvalue weighted by molar-refractivity contribution is 7.17. The zero-order valence-corrected chi connectivity index (χ0v) is 17.1. The second kappa shape index (κ2) is 8.70. The number of aromatic nitrogens is 1. The molecule has 0 spiro atoms. The van der Waals surface area contributed by atoms with Crippen molar-refractivity contribution in [2.24, 2.45) is 5.92 Å². The largest absolute Gasteiger partial charge is 0.465 e. The summed E-state index contributed by atoms with van der Waals surface area (Å²) in [4.78, 5) is 17.5. The third kappa shape index (κ3) is 4.02. The first-order chi connectivity index (χ1) is 13.8. The van der Waals surface area contributed by atoms with Crippen LogP contribution in [-0.4, -0.2) is 13.1 Å². The molecule has 1 aromatic carbocycles. The average Bonchev–Trinajstić information content (AvgIpc) is 3.42. The summed E-state index contributed by atoms with van der Waals surface area (Å²) >= 11 is 1.51. The molecule has 0 unspecified atom stereocenters. The topological polar surface area (TPSA) is 40.4 Å². The van der Waals surface area contributed by atoms with Crippen LogP contribution >= 0.6 is 11.3 Å². The van der Waals surface area contributed by atoms with E-state index in [1.54, 1.807) is 0 Å². The molecule has 4 rings (SSSR count). The number of ether oxygens (including phenoxy) is 1. The van der Waals surface area contributed by atoms with E-state index in [2.05, 4.69) is 35.4 Å². The molecule has 144 valence electrons. The highest BCUT2D eigenvalue weighted by Crippen LogP contribution is 2.39. The van der Waals surface area contributed by atoms with Gasteiger partial charge in [-0.1, -0.05) is 56.0 Å². The molecule has 1 saturated carbocycles. The maximum Gasteiger partial charge on any atom is 0.348 e. The fourth-order valence-electron chi connectivity index (χ4n) is 4.17. The van der Waals surface area contributed by atoms with Gasteiger partial charge in [-0.3, -0.25) is 0 Å². The molecule has 1 aliphatic rings. The van der Waals surface area contributed by atoms with E-state index in [0.29, 0.717) is 4.88 Å². The van der Waals surface area contributed by atoms with Gasteiger partial charge in [-0.15, -0.1) is 11.3 Å². The highest BCUT2D eigenvalue weighted by Gasteiger charge is 2.22. The predicted octanol–water partition coefficient (Wildman–Crippen LogP) is 5.81. The Morgan fingerprint density at radius 2 is 1.93 bits per heavy atom. The van der Waals surface area contributed by atoms with Gasteiger partial charge in [-0.2, -0.15) is 0 Å². The maximum absolute atomic E-state index is 12.5. The average molecular weight is 393 g/mol. The van der Waals surface area contributed by atoms with Crippen LogP contribution in [0, 0.1) is 5.92 Å². The number of pyridine rings is 1. The van der Waals surface area contributed by atoms with E-state index in [-0.39, 0.29) is 5.97 Å². The van der Waals surface area contributed by atoms with Gasteiger partial charge in [0.2, 0.25) is 0 Å². The standard InChI is InChI=1S/C24H25NO2S/c1-27-24(26)23-21(15-22(28-23)18-9-3-2-4-10-18)20-13-14-25-16-19(20)12-11-17-7-5-6-8-17/h2-4,9-10,13-17H,5-8,11-12H2,1H3/p+1. The van der Waals surface area contributed by atoms with Crippen LogP contribution in [0.5, 0.6) is 0 Å². The Labute approximate surface area is 170 Å². The lowest BCUT2D eigenvalue weighted by molar-refractivity contribution is -0.378. The molecular formula is C24H26NO2S+. The third-order valence-electron chi connectivity index (χ3n) is 5.70. The first-order valence-electron chi connectivity index (χ1n) is 10.0. The summed E-state index contributed by atoms with van der Waals surface area (Å²) in [6.45, 7) is 0. The number of aromatic amines is 1. The van der Waals surface area contributed by atoms with Crippen molar-refractivity contribution < 1.29 is 14.5 Å². The Bertz CT molecular complexity index is 942. The minimum absolute atomic E-state index is 0.267. The van der Waals surface area contributed by atoms with Gasteiger partial charge in [0.05, 0.1) is 7.11 Å². The molecule has 4 heteroatoms. The fraction of sp³-hybridized carbons (Fsp3) is 0.333. The van der Waals surface area contributed by atoms with Gasteiger partial charge in [0, 0.05) is 22.1 Å². The molecule has 2 aromatic heterocycles. The Morgan fingerprint density at radius 3 is 2.68 bits per heavy atom. The van der Waals surface area contributed by atoms with E-state index in [1.807, 2.05) is 24.4 Å². The number of carbonyl (C=O) groups excluding carboxylic acids is 1. The number of aryl methyl sites for hydroxylation is 1. The minimum Gasteiger partial charge on any atom is -0.465 e. The number of methoxy groups -OCH3 is 1. The van der Waals surface area contributed by atoms with Crippen molar-refractivity contribution in [1.82, 2.24) is 0 Å². The quantitative estimate of drug-likeness (QED) is 0.497. The molecule has 0 saturated heterocycles. The number of H-pyrrole nitrogens is 1. The van der Waals surface area contributed by atoms with Gasteiger partial charge < -0.3 is 4.74 Å². The summed E-state index contributed by atoms with van der Waals surface area (Å²) in [5.74, 6) is 0.576. The van der Waals surface area contributed by atoms with Crippen LogP contribution in [-0.2, 0) is 11.2 Å². The van der Waals surface area contributed by atoms with Crippen LogP contribution in [0.3, 0.4) is 0 Å². The smallest absolute Gasteiger partial charge is 0.348 e. The minimum atomic E-state index is -0.267. The number of carbonyl (C=O) groups is 1. The number of nitrogens with one attached hydrogen (secondary N) is 1. The van der Waals surface area contributed by atoms with Crippen molar-refractivity contribution in [3.05, 3.63) is 65.3 Å². The van der Waals surface area contributed by atoms with E-state index < -0.39 is 0 Å². The van der Waals surface area contributed by atoms with E-state index in [0.717, 1.165) is 33.9 Å². The molecule has 2 heterocycles. The van der Waals surface area contributed by atoms with E-state index in [1.165, 1.54) is 56.1 Å². The first kappa shape index (κ1) is 18.9. The summed E-state index contributed by atoms with van der Waals surface area (Å²) in [6.07, 6.45) is 11.7. The van der Waals surface area contributed by atoms with Crippen LogP contribution in [0.4, 0.5) is 0 Å². The number of thiophene rings is 1. The lowest BCUT2D eigenvalue weighted by Crippen LogP contribution is -2.07. The first-order valence-corrected chi connectivity index (χ1v) is 10.8. The van der Waals surface area contributed by atoms with Crippen LogP contribution in [0.1, 0.15) is 47.3 Å². The molecule has 0 aliphatic heterocycles. The summed E-state index contributed by atoms with van der Waals surface area (Å²) in [7, 11) is 1.45. The lowest BCUT2D eigenvalue weighted by Gasteiger charge is -2.10. The van der Waals surface area contributed by atoms with Gasteiger partial charge >= 0.3 is 5.97 Å². The lowest BCUT2D eigenvalue weighted by atomic mass is 9.94. The Kier molecular flexibility index (Phi) is 5.87. The van der Waals surface area contributed by atoms with E-state index in [4.69, 9.17) is 4.74 Å². The number of hydrogen-bond donors (Lipinski definition) is 0. The van der Waals surface area contributed by atoms with Crippen LogP contribution in [0.2, 0.25) is 0 Å². The number of rotatable bonds is 6. The van der Waals surface area contributed by atoms with Crippen molar-refractivity contribution in [2.75, 3.05) is 7.11 Å². The van der Waals surface area contributed by atoms with Crippen molar-refractivity contribution in [1.29, 1.82) is 0 Å². The number of benzene rings is 1. The second-order valence-electron chi connectivity index (χ2n) is 7.48. The van der Waals surface area contributed by atoms with Crippen molar-refractivity contribution in [2.45, 2.75) is 38.5 Å². The molecule has 0 radical (unpaired) electrons. The molecule has 1 fully saturated rings. The molecule has 28 heavy (non-hydrogen) atoms. The Hall–Kier alpha value is -2.46. The van der Waals surface area contributed by atoms with Gasteiger partial charge in [-0.25, -0.2) is 9.78 Å². The van der Waals surface area contributed by atoms with Gasteiger partial charge in [0.1, 0.15) is 4.88 Å². The molecule has 3 aromatic rings. The summed E-state index contributed by atoms with van der Waals surface area (Å²) in [6, 6.07) is 14.4. The van der Waals surface area contributed by atoms with Gasteiger partial charge in [-0.05, 0) is 36.0 Å². The Morgan fingerprint density at radius 1 is 1.14 bits per heavy atom. The second-order valence-corrected chi connectivity index (χ2v) is 8.54. The van der Waals surface area contributed by atoms with Gasteiger partial charge in [0.15, 0.2) is 12.4 Å². The SMILES string of the molecule is COC(=O)c1sc(-c2ccccc2)cc1-c1cc[nH+]cc1CCC1CCCC1. The van der Waals surface area contributed by atoms with Gasteiger partial charge in [0.25, 0.3) is 0 Å². The fourth-order valence-corrected chi connectivity index (χ4v) is 5.27. The summed E-state index contributed by atoms with van der Waals surface area (Å²) < 4.78 is 5.09. The predicted molar refractivity (Wildman–Crippen MR) is 113 cm³/mol. The molecule has 0 atom stereocenters. The van der Waals surface area contributed by atoms with E-state index >= 15 is 0 Å². The van der Waals surface area contributed by atoms with Crippen LogP contribution in [0.25, 0.3) is 21.6 Å². The molecule has 3 nitrogen and oxygen atoms in total. The number of hydrogen-bond acceptors (Lipinski definition) is 3. The number of esters is 1. The molecule has 1 aliphatic carbocycles. The molecule has 0 bridgehead atoms. The zero-order valence-electron chi connectivity index (χ0n) is 16.2. The van der Waals surface area contributed by atoms with Crippen LogP contribution in [0.15, 0.2) is 54.9 Å². The normalized spacial score (nSPS) is 14.3. The maximum atomic E-state index is 12.5. The monoisotopic (exact) mass is 392 g/mol. The van der Waals surface area contributed by atoms with Crippen LogP contribution < -0.4 is 4.98 Å². The molecule has 0 amide bonds.